The summed E-state index contributed by atoms with van der Waals surface area (Å²) in [5.74, 6) is 1.63. The van der Waals surface area contributed by atoms with Crippen LogP contribution in [-0.4, -0.2) is 24.1 Å². The molecule has 318 valence electrons. The molecule has 0 fully saturated rings. The SMILES string of the molecule is c1ccc(-c2ccc3c(c2)c2ccccc2n3-c2cccc(-c3cc(-[n+]4cccc(-c5ccccc5)c4)cc(-c4cccc(-n5c6ccccc6c6cc(-c7ccccc7)ccc65)n4)n3)n2)cc1. The zero-order valence-corrected chi connectivity index (χ0v) is 36.9. The Hall–Kier alpha value is -9.26. The first-order chi connectivity index (χ1) is 33.7. The maximum atomic E-state index is 5.42. The van der Waals surface area contributed by atoms with E-state index in [4.69, 9.17) is 15.0 Å². The van der Waals surface area contributed by atoms with Crippen LogP contribution in [0.4, 0.5) is 0 Å². The molecule has 0 aliphatic carbocycles. The minimum atomic E-state index is 0.738. The van der Waals surface area contributed by atoms with Crippen molar-refractivity contribution in [2.75, 3.05) is 0 Å². The van der Waals surface area contributed by atoms with E-state index < -0.39 is 0 Å². The molecule has 13 rings (SSSR count). The third-order valence-corrected chi connectivity index (χ3v) is 13.0. The lowest BCUT2D eigenvalue weighted by molar-refractivity contribution is -0.595. The Kier molecular flexibility index (Phi) is 9.39. The summed E-state index contributed by atoms with van der Waals surface area (Å²) in [7, 11) is 0. The van der Waals surface area contributed by atoms with Gasteiger partial charge in [0, 0.05) is 45.3 Å². The van der Waals surface area contributed by atoms with Crippen molar-refractivity contribution in [3.05, 3.63) is 249 Å². The van der Waals surface area contributed by atoms with E-state index in [0.29, 0.717) is 0 Å². The Bertz CT molecular complexity index is 3800. The van der Waals surface area contributed by atoms with Gasteiger partial charge in [-0.1, -0.05) is 152 Å². The quantitative estimate of drug-likeness (QED) is 0.143. The summed E-state index contributed by atoms with van der Waals surface area (Å²) in [5, 5.41) is 4.71. The molecular formula is C62H41N6+. The van der Waals surface area contributed by atoms with E-state index in [-0.39, 0.29) is 0 Å². The third-order valence-electron chi connectivity index (χ3n) is 13.0. The van der Waals surface area contributed by atoms with E-state index in [9.17, 15) is 0 Å². The van der Waals surface area contributed by atoms with Crippen LogP contribution >= 0.6 is 0 Å². The molecule has 0 unspecified atom stereocenters. The Balaban J connectivity index is 0.970. The summed E-state index contributed by atoms with van der Waals surface area (Å²) < 4.78 is 6.70. The van der Waals surface area contributed by atoms with Gasteiger partial charge in [-0.3, -0.25) is 9.13 Å². The van der Waals surface area contributed by atoms with Gasteiger partial charge in [-0.25, -0.2) is 15.0 Å². The first-order valence-corrected chi connectivity index (χ1v) is 22.9. The van der Waals surface area contributed by atoms with Crippen LogP contribution in [0.2, 0.25) is 0 Å². The van der Waals surface area contributed by atoms with Crippen molar-refractivity contribution in [2.24, 2.45) is 0 Å². The fourth-order valence-electron chi connectivity index (χ4n) is 9.81. The van der Waals surface area contributed by atoms with Crippen LogP contribution in [0.1, 0.15) is 0 Å². The zero-order chi connectivity index (χ0) is 45.0. The molecule has 0 radical (unpaired) electrons. The number of benzene rings is 7. The predicted octanol–water partition coefficient (Wildman–Crippen LogP) is 14.7. The lowest BCUT2D eigenvalue weighted by Gasteiger charge is -2.12. The number of nitrogens with zero attached hydrogens (tertiary/aromatic N) is 6. The second kappa shape index (κ2) is 16.3. The smallest absolute Gasteiger partial charge is 0.215 e. The molecule has 6 heterocycles. The van der Waals surface area contributed by atoms with E-state index in [1.165, 1.54) is 43.8 Å². The molecule has 7 aromatic carbocycles. The van der Waals surface area contributed by atoms with E-state index >= 15 is 0 Å². The minimum Gasteiger partial charge on any atom is -0.294 e. The van der Waals surface area contributed by atoms with Crippen molar-refractivity contribution < 1.29 is 4.57 Å². The van der Waals surface area contributed by atoms with Crippen LogP contribution in [0.5, 0.6) is 0 Å². The van der Waals surface area contributed by atoms with Crippen LogP contribution < -0.4 is 4.57 Å². The summed E-state index contributed by atoms with van der Waals surface area (Å²) in [4.78, 5) is 16.3. The van der Waals surface area contributed by atoms with Crippen molar-refractivity contribution in [3.63, 3.8) is 0 Å². The normalized spacial score (nSPS) is 11.5. The second-order valence-electron chi connectivity index (χ2n) is 17.1. The number of aromatic nitrogens is 6. The van der Waals surface area contributed by atoms with Gasteiger partial charge in [0.25, 0.3) is 0 Å². The minimum absolute atomic E-state index is 0.738. The van der Waals surface area contributed by atoms with Crippen LogP contribution in [0.3, 0.4) is 0 Å². The lowest BCUT2D eigenvalue weighted by Crippen LogP contribution is -2.30. The highest BCUT2D eigenvalue weighted by atomic mass is 15.1. The third kappa shape index (κ3) is 6.82. The van der Waals surface area contributed by atoms with E-state index in [2.05, 4.69) is 257 Å². The maximum Gasteiger partial charge on any atom is 0.215 e. The number of para-hydroxylation sites is 2. The van der Waals surface area contributed by atoms with Crippen molar-refractivity contribution in [2.45, 2.75) is 0 Å². The summed E-state index contributed by atoms with van der Waals surface area (Å²) in [6, 6.07) is 83.2. The Morgan fingerprint density at radius 1 is 0.279 bits per heavy atom. The van der Waals surface area contributed by atoms with Gasteiger partial charge in [0.2, 0.25) is 5.69 Å². The maximum absolute atomic E-state index is 5.42. The molecule has 0 saturated carbocycles. The van der Waals surface area contributed by atoms with E-state index in [0.717, 1.165) is 73.3 Å². The highest BCUT2D eigenvalue weighted by molar-refractivity contribution is 6.11. The van der Waals surface area contributed by atoms with Crippen molar-refractivity contribution >= 4 is 43.6 Å². The van der Waals surface area contributed by atoms with Gasteiger partial charge in [0.1, 0.15) is 11.6 Å². The molecule has 0 N–H and O–H groups in total. The standard InChI is InChI=1S/C62H41N6/c1-4-17-42(18-5-1)45-32-34-59-51(37-45)49-24-10-12-28-57(49)67(59)61-30-14-26-53(64-61)55-39-48(66-36-16-23-47(41-66)44-21-8-3-9-22-44)40-56(63-55)54-27-15-31-62(65-54)68-58-29-13-11-25-50(58)52-38-46(33-35-60(52)68)43-19-6-2-7-20-43/h1-41H/q+1. The summed E-state index contributed by atoms with van der Waals surface area (Å²) >= 11 is 0. The van der Waals surface area contributed by atoms with Gasteiger partial charge in [0.05, 0.1) is 44.8 Å². The fraction of sp³-hybridized carbons (Fsp3) is 0. The molecule has 6 heteroatoms. The average Bonchev–Trinajstić information content (AvgIpc) is 3.94. The molecule has 68 heavy (non-hydrogen) atoms. The van der Waals surface area contributed by atoms with Gasteiger partial charge in [0.15, 0.2) is 12.4 Å². The molecule has 13 aromatic rings. The average molecular weight is 870 g/mol. The number of pyridine rings is 4. The van der Waals surface area contributed by atoms with E-state index in [1.54, 1.807) is 0 Å². The van der Waals surface area contributed by atoms with Crippen LogP contribution in [0.15, 0.2) is 249 Å². The van der Waals surface area contributed by atoms with Gasteiger partial charge in [-0.2, -0.15) is 4.57 Å². The van der Waals surface area contributed by atoms with Gasteiger partial charge < -0.3 is 0 Å². The largest absolute Gasteiger partial charge is 0.294 e. The number of hydrogen-bond acceptors (Lipinski definition) is 3. The second-order valence-corrected chi connectivity index (χ2v) is 17.1. The molecule has 0 amide bonds. The van der Waals surface area contributed by atoms with Crippen molar-refractivity contribution in [3.8, 4) is 73.5 Å². The zero-order valence-electron chi connectivity index (χ0n) is 36.9. The predicted molar refractivity (Wildman–Crippen MR) is 277 cm³/mol. The monoisotopic (exact) mass is 869 g/mol. The first kappa shape index (κ1) is 39.1. The lowest BCUT2D eigenvalue weighted by atomic mass is 10.0. The molecule has 0 spiro atoms. The summed E-state index contributed by atoms with van der Waals surface area (Å²) in [5.41, 5.74) is 15.3. The molecule has 0 aliphatic rings. The van der Waals surface area contributed by atoms with Crippen LogP contribution in [-0.2, 0) is 0 Å². The molecule has 0 atom stereocenters. The molecule has 0 bridgehead atoms. The molecular weight excluding hydrogens is 829 g/mol. The number of fused-ring (bicyclic) bond motifs is 6. The Morgan fingerprint density at radius 3 is 1.21 bits per heavy atom. The summed E-state index contributed by atoms with van der Waals surface area (Å²) in [6.45, 7) is 0. The van der Waals surface area contributed by atoms with Crippen molar-refractivity contribution in [1.82, 2.24) is 24.1 Å². The highest BCUT2D eigenvalue weighted by Gasteiger charge is 2.20. The molecule has 6 aromatic heterocycles. The van der Waals surface area contributed by atoms with Gasteiger partial charge in [-0.15, -0.1) is 0 Å². The first-order valence-electron chi connectivity index (χ1n) is 22.9. The van der Waals surface area contributed by atoms with Crippen molar-refractivity contribution in [1.29, 1.82) is 0 Å². The fourth-order valence-corrected chi connectivity index (χ4v) is 9.81. The van der Waals surface area contributed by atoms with Crippen LogP contribution in [0.25, 0.3) is 117 Å². The molecule has 0 saturated heterocycles. The Labute approximate surface area is 393 Å². The number of hydrogen-bond donors (Lipinski definition) is 0. The van der Waals surface area contributed by atoms with E-state index in [1.807, 2.05) is 6.07 Å². The Morgan fingerprint density at radius 2 is 0.706 bits per heavy atom. The van der Waals surface area contributed by atoms with Gasteiger partial charge in [-0.05, 0) is 94.5 Å². The van der Waals surface area contributed by atoms with Gasteiger partial charge >= 0.3 is 0 Å². The molecule has 6 nitrogen and oxygen atoms in total. The topological polar surface area (TPSA) is 52.4 Å². The summed E-state index contributed by atoms with van der Waals surface area (Å²) in [6.07, 6.45) is 4.27. The van der Waals surface area contributed by atoms with Crippen LogP contribution in [0, 0.1) is 0 Å². The number of rotatable bonds is 8. The molecule has 0 aliphatic heterocycles. The highest BCUT2D eigenvalue weighted by Crippen LogP contribution is 2.37.